The number of aryl methyl sites for hydroxylation is 1. The van der Waals surface area contributed by atoms with Gasteiger partial charge in [-0.1, -0.05) is 6.42 Å². The highest BCUT2D eigenvalue weighted by Crippen LogP contribution is 2.30. The molecule has 0 amide bonds. The zero-order chi connectivity index (χ0) is 12.5. The van der Waals surface area contributed by atoms with E-state index in [4.69, 9.17) is 0 Å². The molecule has 0 aliphatic carbocycles. The van der Waals surface area contributed by atoms with Gasteiger partial charge in [-0.15, -0.1) is 0 Å². The van der Waals surface area contributed by atoms with Gasteiger partial charge in [-0.3, -0.25) is 4.90 Å². The largest absolute Gasteiger partial charge is 0.380 e. The molecule has 2 unspecified atom stereocenters. The number of anilines is 1. The first-order valence-electron chi connectivity index (χ1n) is 7.01. The van der Waals surface area contributed by atoms with Gasteiger partial charge in [0.2, 0.25) is 0 Å². The molecule has 2 fully saturated rings. The lowest BCUT2D eigenvalue weighted by Crippen LogP contribution is -2.41. The van der Waals surface area contributed by atoms with Crippen LogP contribution < -0.4 is 5.32 Å². The molecule has 3 heteroatoms. The van der Waals surface area contributed by atoms with Crippen molar-refractivity contribution in [2.75, 3.05) is 18.4 Å². The average Bonchev–Trinajstić information content (AvgIpc) is 2.76. The maximum Gasteiger partial charge on any atom is 0.123 e. The summed E-state index contributed by atoms with van der Waals surface area (Å²) in [7, 11) is 0. The number of benzene rings is 1. The van der Waals surface area contributed by atoms with E-state index in [-0.39, 0.29) is 5.82 Å². The van der Waals surface area contributed by atoms with E-state index in [1.165, 1.54) is 38.8 Å². The van der Waals surface area contributed by atoms with Gasteiger partial charge in [0.15, 0.2) is 0 Å². The van der Waals surface area contributed by atoms with Crippen molar-refractivity contribution < 1.29 is 4.39 Å². The summed E-state index contributed by atoms with van der Waals surface area (Å²) < 4.78 is 13.1. The highest BCUT2D eigenvalue weighted by atomic mass is 19.1. The maximum atomic E-state index is 13.1. The smallest absolute Gasteiger partial charge is 0.123 e. The van der Waals surface area contributed by atoms with E-state index < -0.39 is 0 Å². The van der Waals surface area contributed by atoms with E-state index >= 15 is 0 Å². The molecule has 0 radical (unpaired) electrons. The van der Waals surface area contributed by atoms with Gasteiger partial charge >= 0.3 is 0 Å². The number of nitrogens with zero attached hydrogens (tertiary/aromatic N) is 1. The predicted octanol–water partition coefficient (Wildman–Crippen LogP) is 3.17. The molecule has 3 rings (SSSR count). The Morgan fingerprint density at radius 3 is 2.94 bits per heavy atom. The van der Waals surface area contributed by atoms with Gasteiger partial charge in [0.25, 0.3) is 0 Å². The fourth-order valence-electron chi connectivity index (χ4n) is 3.40. The Kier molecular flexibility index (Phi) is 3.25. The van der Waals surface area contributed by atoms with Crippen molar-refractivity contribution in [2.24, 2.45) is 0 Å². The second kappa shape index (κ2) is 4.88. The molecule has 1 N–H and O–H groups in total. The highest BCUT2D eigenvalue weighted by Gasteiger charge is 2.35. The Balaban J connectivity index is 1.72. The van der Waals surface area contributed by atoms with Gasteiger partial charge < -0.3 is 5.32 Å². The van der Waals surface area contributed by atoms with Crippen LogP contribution in [0.15, 0.2) is 18.2 Å². The van der Waals surface area contributed by atoms with E-state index in [0.717, 1.165) is 11.3 Å². The summed E-state index contributed by atoms with van der Waals surface area (Å²) in [5.41, 5.74) is 2.10. The Labute approximate surface area is 108 Å². The van der Waals surface area contributed by atoms with Crippen LogP contribution in [0.1, 0.15) is 31.2 Å². The van der Waals surface area contributed by atoms with E-state index in [1.807, 2.05) is 13.0 Å². The van der Waals surface area contributed by atoms with Crippen molar-refractivity contribution in [3.8, 4) is 0 Å². The number of nitrogens with one attached hydrogen (secondary N) is 1. The van der Waals surface area contributed by atoms with Crippen LogP contribution in [0.3, 0.4) is 0 Å². The molecule has 0 saturated carbocycles. The second-order valence-corrected chi connectivity index (χ2v) is 5.60. The minimum Gasteiger partial charge on any atom is -0.380 e. The van der Waals surface area contributed by atoms with E-state index in [0.29, 0.717) is 12.1 Å². The molecular formula is C15H21FN2. The monoisotopic (exact) mass is 248 g/mol. The van der Waals surface area contributed by atoms with Gasteiger partial charge in [-0.05, 0) is 56.5 Å². The first kappa shape index (κ1) is 12.0. The Morgan fingerprint density at radius 2 is 2.11 bits per heavy atom. The molecule has 0 aromatic heterocycles. The van der Waals surface area contributed by atoms with Crippen molar-refractivity contribution in [2.45, 2.75) is 44.7 Å². The summed E-state index contributed by atoms with van der Waals surface area (Å²) in [5, 5.41) is 3.63. The molecule has 2 heterocycles. The molecule has 0 spiro atoms. The average molecular weight is 248 g/mol. The lowest BCUT2D eigenvalue weighted by atomic mass is 9.98. The number of hydrogen-bond acceptors (Lipinski definition) is 2. The molecule has 2 aliphatic heterocycles. The normalized spacial score (nSPS) is 28.1. The SMILES string of the molecule is Cc1cc(F)ccc1NC1CCN2CCCCC12. The van der Waals surface area contributed by atoms with Crippen LogP contribution in [0.4, 0.5) is 10.1 Å². The number of hydrogen-bond donors (Lipinski definition) is 1. The molecule has 2 saturated heterocycles. The first-order valence-corrected chi connectivity index (χ1v) is 7.01. The zero-order valence-corrected chi connectivity index (χ0v) is 11.0. The number of rotatable bonds is 2. The minimum atomic E-state index is -0.149. The molecule has 2 atom stereocenters. The van der Waals surface area contributed by atoms with Crippen LogP contribution in [-0.4, -0.2) is 30.1 Å². The molecule has 18 heavy (non-hydrogen) atoms. The third-order valence-electron chi connectivity index (χ3n) is 4.39. The first-order chi connectivity index (χ1) is 8.74. The molecule has 2 nitrogen and oxygen atoms in total. The number of fused-ring (bicyclic) bond motifs is 1. The number of halogens is 1. The van der Waals surface area contributed by atoms with Crippen LogP contribution in [0.2, 0.25) is 0 Å². The van der Waals surface area contributed by atoms with E-state index in [2.05, 4.69) is 10.2 Å². The van der Waals surface area contributed by atoms with Crippen LogP contribution in [0.25, 0.3) is 0 Å². The summed E-state index contributed by atoms with van der Waals surface area (Å²) in [6, 6.07) is 6.24. The third-order valence-corrected chi connectivity index (χ3v) is 4.39. The van der Waals surface area contributed by atoms with Gasteiger partial charge in [-0.25, -0.2) is 4.39 Å². The minimum absolute atomic E-state index is 0.149. The molecular weight excluding hydrogens is 227 g/mol. The highest BCUT2D eigenvalue weighted by molar-refractivity contribution is 5.51. The third kappa shape index (κ3) is 2.24. The summed E-state index contributed by atoms with van der Waals surface area (Å²) >= 11 is 0. The van der Waals surface area contributed by atoms with Crippen LogP contribution >= 0.6 is 0 Å². The van der Waals surface area contributed by atoms with Crippen molar-refractivity contribution in [3.63, 3.8) is 0 Å². The molecule has 1 aromatic carbocycles. The Bertz CT molecular complexity index is 433. The fourth-order valence-corrected chi connectivity index (χ4v) is 3.40. The van der Waals surface area contributed by atoms with Crippen molar-refractivity contribution in [1.29, 1.82) is 0 Å². The lowest BCUT2D eigenvalue weighted by Gasteiger charge is -2.33. The molecule has 2 aliphatic rings. The number of piperidine rings is 1. The van der Waals surface area contributed by atoms with Crippen LogP contribution in [0, 0.1) is 12.7 Å². The fraction of sp³-hybridized carbons (Fsp3) is 0.600. The zero-order valence-electron chi connectivity index (χ0n) is 11.0. The maximum absolute atomic E-state index is 13.1. The van der Waals surface area contributed by atoms with Gasteiger partial charge in [0, 0.05) is 24.3 Å². The quantitative estimate of drug-likeness (QED) is 0.864. The summed E-state index contributed by atoms with van der Waals surface area (Å²) in [4.78, 5) is 2.61. The van der Waals surface area contributed by atoms with Gasteiger partial charge in [0.05, 0.1) is 0 Å². The summed E-state index contributed by atoms with van der Waals surface area (Å²) in [5.74, 6) is -0.149. The second-order valence-electron chi connectivity index (χ2n) is 5.60. The van der Waals surface area contributed by atoms with Gasteiger partial charge in [-0.2, -0.15) is 0 Å². The molecule has 0 bridgehead atoms. The molecule has 1 aromatic rings. The summed E-state index contributed by atoms with van der Waals surface area (Å²) in [6.45, 7) is 4.44. The van der Waals surface area contributed by atoms with E-state index in [9.17, 15) is 4.39 Å². The van der Waals surface area contributed by atoms with Crippen molar-refractivity contribution in [1.82, 2.24) is 4.90 Å². The van der Waals surface area contributed by atoms with Gasteiger partial charge in [0.1, 0.15) is 5.82 Å². The Morgan fingerprint density at radius 1 is 1.22 bits per heavy atom. The van der Waals surface area contributed by atoms with E-state index in [1.54, 1.807) is 12.1 Å². The topological polar surface area (TPSA) is 15.3 Å². The standard InChI is InChI=1S/C15H21FN2/c1-11-10-12(16)5-6-13(11)17-14-7-9-18-8-3-2-4-15(14)18/h5-6,10,14-15,17H,2-4,7-9H2,1H3. The predicted molar refractivity (Wildman–Crippen MR) is 72.4 cm³/mol. The Hall–Kier alpha value is -1.09. The lowest BCUT2D eigenvalue weighted by molar-refractivity contribution is 0.193. The van der Waals surface area contributed by atoms with Crippen molar-refractivity contribution in [3.05, 3.63) is 29.6 Å². The van der Waals surface area contributed by atoms with Crippen LogP contribution in [0.5, 0.6) is 0 Å². The summed E-state index contributed by atoms with van der Waals surface area (Å²) in [6.07, 6.45) is 5.21. The van der Waals surface area contributed by atoms with Crippen molar-refractivity contribution >= 4 is 5.69 Å². The molecule has 98 valence electrons. The van der Waals surface area contributed by atoms with Crippen LogP contribution in [-0.2, 0) is 0 Å².